The summed E-state index contributed by atoms with van der Waals surface area (Å²) in [5.41, 5.74) is 8.80. The minimum Gasteiger partial charge on any atom is 0 e. The van der Waals surface area contributed by atoms with E-state index < -0.39 is 26.0 Å². The minimum absolute atomic E-state index is 0. The van der Waals surface area contributed by atoms with Gasteiger partial charge in [-0.2, -0.15) is 11.3 Å². The monoisotopic (exact) mass is 935 g/mol. The summed E-state index contributed by atoms with van der Waals surface area (Å²) in [5.74, 6) is 7.16. The van der Waals surface area contributed by atoms with E-state index >= 15 is 0 Å². The first-order valence-corrected chi connectivity index (χ1v) is 25.5. The fraction of sp³-hybridized carbons (Fsp3) is 0.149. The molecular weight excluding hydrogens is 889 g/mol. The Morgan fingerprint density at radius 1 is 0.673 bits per heavy atom. The standard InChI is InChI=1S/C27H20NS.C20H20GeN.Ir/c1-2-7-18(8-3-1)20-13-14-22-23-11-6-12-24(27(23)29-25(22)17-20)26-21-10-5-4-9-19(21)15-16-28-26;1-21(2,3)19-12-13-20(22-15-19)18-11-7-10-17(14-18)16-8-5-4-6-9-16;/h1-3,6-8,11,13-17H,4-5,9-10H2;4-10,12-15H,1-3H3;/q2*-1;/i9D2,10D2;;. The Balaban J connectivity index is 0.000000183. The molecule has 3 heterocycles. The summed E-state index contributed by atoms with van der Waals surface area (Å²) < 4.78 is 37.8. The maximum absolute atomic E-state index is 8.66. The second kappa shape index (κ2) is 15.8. The summed E-state index contributed by atoms with van der Waals surface area (Å²) in [6, 6.07) is 50.0. The number of aromatic nitrogens is 2. The van der Waals surface area contributed by atoms with Crippen molar-refractivity contribution in [1.29, 1.82) is 0 Å². The summed E-state index contributed by atoms with van der Waals surface area (Å²) in [7, 11) is 0. The number of nitrogens with zero attached hydrogens (tertiary/aromatic N) is 2. The van der Waals surface area contributed by atoms with Gasteiger partial charge in [0.1, 0.15) is 0 Å². The van der Waals surface area contributed by atoms with Gasteiger partial charge in [-0.3, -0.25) is 0 Å². The van der Waals surface area contributed by atoms with Gasteiger partial charge in [-0.25, -0.2) is 0 Å². The molecule has 5 heteroatoms. The second-order valence-corrected chi connectivity index (χ2v) is 25.5. The Morgan fingerprint density at radius 2 is 1.38 bits per heavy atom. The molecule has 2 nitrogen and oxygen atoms in total. The van der Waals surface area contributed by atoms with Gasteiger partial charge in [0.25, 0.3) is 0 Å². The van der Waals surface area contributed by atoms with E-state index in [1.54, 1.807) is 23.6 Å². The molecule has 0 spiro atoms. The Labute approximate surface area is 333 Å². The normalized spacial score (nSPS) is 15.5. The fourth-order valence-electron chi connectivity index (χ4n) is 6.51. The molecule has 3 aromatic heterocycles. The fourth-order valence-corrected chi connectivity index (χ4v) is 9.92. The molecule has 8 aromatic rings. The summed E-state index contributed by atoms with van der Waals surface area (Å²) >= 11 is -0.135. The Hall–Kier alpha value is -4.19. The van der Waals surface area contributed by atoms with Gasteiger partial charge < -0.3 is 4.98 Å². The first kappa shape index (κ1) is 31.3. The number of hydrogen-bond donors (Lipinski definition) is 0. The molecule has 0 bridgehead atoms. The zero-order chi connectivity index (χ0) is 38.4. The number of hydrogen-bond acceptors (Lipinski definition) is 3. The molecule has 52 heavy (non-hydrogen) atoms. The van der Waals surface area contributed by atoms with Crippen molar-refractivity contribution in [3.05, 3.63) is 163 Å². The quantitative estimate of drug-likeness (QED) is 0.127. The van der Waals surface area contributed by atoms with Gasteiger partial charge in [0.15, 0.2) is 0 Å². The van der Waals surface area contributed by atoms with Crippen LogP contribution < -0.4 is 4.40 Å². The summed E-state index contributed by atoms with van der Waals surface area (Å²) in [4.78, 5) is 9.24. The molecule has 9 rings (SSSR count). The van der Waals surface area contributed by atoms with Gasteiger partial charge in [-0.1, -0.05) is 59.0 Å². The number of rotatable bonds is 5. The van der Waals surface area contributed by atoms with Crippen LogP contribution in [0.25, 0.3) is 64.9 Å². The van der Waals surface area contributed by atoms with Crippen LogP contribution in [0.5, 0.6) is 0 Å². The van der Waals surface area contributed by atoms with Crippen molar-refractivity contribution >= 4 is 49.2 Å². The van der Waals surface area contributed by atoms with E-state index in [0.717, 1.165) is 48.1 Å². The van der Waals surface area contributed by atoms with Crippen LogP contribution in [0.4, 0.5) is 0 Å². The topological polar surface area (TPSA) is 25.8 Å². The number of thiophene rings is 1. The van der Waals surface area contributed by atoms with Gasteiger partial charge in [-0.05, 0) is 64.6 Å². The van der Waals surface area contributed by atoms with Crippen LogP contribution in [0, 0.1) is 12.1 Å². The molecule has 0 atom stereocenters. The molecule has 1 aliphatic rings. The van der Waals surface area contributed by atoms with E-state index in [1.165, 1.54) is 15.5 Å². The molecule has 5 aromatic carbocycles. The third-order valence-corrected chi connectivity index (χ3v) is 14.7. The molecule has 1 radical (unpaired) electrons. The molecule has 0 N–H and O–H groups in total. The third-order valence-electron chi connectivity index (χ3n) is 9.28. The molecule has 0 saturated heterocycles. The SMILES string of the molecule is [2H]C1([2H])CCC([2H])([2H])c2c1ccnc2-c1[c-]ccc2c1sc1cc(-c3ccccc3)ccc12.[CH3][Ge]([CH3])([CH3])[c]1ccc(-c2[c-]ccc(-c3ccccc3)c2)nc1.[Ir]. The average Bonchev–Trinajstić information content (AvgIpc) is 3.58. The Kier molecular flexibility index (Phi) is 9.54. The van der Waals surface area contributed by atoms with Crippen molar-refractivity contribution in [2.24, 2.45) is 0 Å². The molecule has 0 aliphatic heterocycles. The minimum atomic E-state index is -1.79. The number of pyridine rings is 2. The van der Waals surface area contributed by atoms with E-state index in [0.29, 0.717) is 16.8 Å². The van der Waals surface area contributed by atoms with Gasteiger partial charge in [0.05, 0.1) is 0 Å². The number of fused-ring (bicyclic) bond motifs is 4. The van der Waals surface area contributed by atoms with E-state index in [9.17, 15) is 0 Å². The molecule has 0 unspecified atom stereocenters. The van der Waals surface area contributed by atoms with Crippen LogP contribution in [0.1, 0.15) is 29.5 Å². The predicted octanol–water partition coefficient (Wildman–Crippen LogP) is 12.2. The van der Waals surface area contributed by atoms with Crippen LogP contribution in [0.3, 0.4) is 0 Å². The van der Waals surface area contributed by atoms with Crippen LogP contribution >= 0.6 is 11.3 Å². The second-order valence-electron chi connectivity index (χ2n) is 13.7. The number of benzene rings is 5. The summed E-state index contributed by atoms with van der Waals surface area (Å²) in [5, 5.41) is 2.23. The van der Waals surface area contributed by atoms with Gasteiger partial charge in [0.2, 0.25) is 0 Å². The maximum Gasteiger partial charge on any atom is 0 e. The summed E-state index contributed by atoms with van der Waals surface area (Å²) in [6.45, 7) is 0. The molecule has 0 saturated carbocycles. The van der Waals surface area contributed by atoms with E-state index in [-0.39, 0.29) is 32.9 Å². The van der Waals surface area contributed by atoms with Crippen molar-refractivity contribution in [1.82, 2.24) is 9.97 Å². The van der Waals surface area contributed by atoms with Crippen LogP contribution in [0.2, 0.25) is 17.3 Å². The first-order valence-electron chi connectivity index (χ1n) is 19.4. The molecular formula is C47H40GeIrN2S-2. The van der Waals surface area contributed by atoms with E-state index in [1.807, 2.05) is 42.5 Å². The smallest absolute Gasteiger partial charge is 0 e. The van der Waals surface area contributed by atoms with Crippen LogP contribution in [-0.4, -0.2) is 23.2 Å². The van der Waals surface area contributed by atoms with Crippen molar-refractivity contribution in [2.45, 2.75) is 42.9 Å². The Morgan fingerprint density at radius 3 is 2.10 bits per heavy atom. The van der Waals surface area contributed by atoms with Gasteiger partial charge >= 0.3 is 135 Å². The van der Waals surface area contributed by atoms with Crippen LogP contribution in [-0.2, 0) is 32.9 Å². The van der Waals surface area contributed by atoms with Crippen molar-refractivity contribution in [3.8, 4) is 44.8 Å². The van der Waals surface area contributed by atoms with Gasteiger partial charge in [0, 0.05) is 36.5 Å². The zero-order valence-electron chi connectivity index (χ0n) is 33.3. The largest absolute Gasteiger partial charge is 0 e. The molecule has 1 aliphatic carbocycles. The molecule has 0 amide bonds. The average molecular weight is 934 g/mol. The zero-order valence-corrected chi connectivity index (χ0v) is 34.6. The van der Waals surface area contributed by atoms with Crippen molar-refractivity contribution < 1.29 is 25.6 Å². The third kappa shape index (κ3) is 7.63. The maximum atomic E-state index is 8.66. The van der Waals surface area contributed by atoms with Crippen LogP contribution in [0.15, 0.2) is 140 Å². The Bertz CT molecular complexity index is 2640. The molecule has 0 fully saturated rings. The predicted molar refractivity (Wildman–Crippen MR) is 220 cm³/mol. The van der Waals surface area contributed by atoms with E-state index in [2.05, 4.69) is 124 Å². The first-order chi connectivity index (χ1) is 26.4. The summed E-state index contributed by atoms with van der Waals surface area (Å²) in [6.07, 6.45) is 0.734. The van der Waals surface area contributed by atoms with Gasteiger partial charge in [-0.15, -0.1) is 23.8 Å². The van der Waals surface area contributed by atoms with E-state index in [4.69, 9.17) is 5.48 Å². The number of aryl methyl sites for hydroxylation is 1. The van der Waals surface area contributed by atoms with Crippen molar-refractivity contribution in [3.63, 3.8) is 0 Å². The van der Waals surface area contributed by atoms with Crippen molar-refractivity contribution in [2.75, 3.05) is 0 Å². The molecule has 259 valence electrons.